The number of rotatable bonds is 2. The predicted molar refractivity (Wildman–Crippen MR) is 78.7 cm³/mol. The van der Waals surface area contributed by atoms with Crippen molar-refractivity contribution in [3.05, 3.63) is 34.5 Å². The van der Waals surface area contributed by atoms with Crippen LogP contribution in [0.5, 0.6) is 11.5 Å². The first-order chi connectivity index (χ1) is 9.74. The van der Waals surface area contributed by atoms with Crippen molar-refractivity contribution in [2.24, 2.45) is 0 Å². The van der Waals surface area contributed by atoms with Gasteiger partial charge in [-0.1, -0.05) is 6.07 Å². The number of carbonyl (C=O) groups is 1. The fraction of sp³-hybridized carbons (Fsp3) is 0.214. The molecule has 1 amide bonds. The van der Waals surface area contributed by atoms with E-state index < -0.39 is 0 Å². The highest BCUT2D eigenvalue weighted by atomic mass is 32.1. The Kier molecular flexibility index (Phi) is 3.47. The minimum atomic E-state index is -0.179. The number of thiophene rings is 1. The Bertz CT molecular complexity index is 626. The minimum Gasteiger partial charge on any atom is -0.489 e. The van der Waals surface area contributed by atoms with Gasteiger partial charge in [0.05, 0.1) is 29.5 Å². The van der Waals surface area contributed by atoms with Crippen LogP contribution in [0, 0.1) is 0 Å². The fourth-order valence-electron chi connectivity index (χ4n) is 1.92. The molecule has 3 N–H and O–H groups in total. The van der Waals surface area contributed by atoms with E-state index in [0.29, 0.717) is 41.0 Å². The summed E-state index contributed by atoms with van der Waals surface area (Å²) >= 11 is 1.38. The number of amides is 1. The minimum absolute atomic E-state index is 0.179. The number of carbonyl (C=O) groups excluding carboxylic acids is 1. The summed E-state index contributed by atoms with van der Waals surface area (Å²) in [5.74, 6) is 1.05. The molecule has 2 heterocycles. The maximum atomic E-state index is 12.0. The lowest BCUT2D eigenvalue weighted by molar-refractivity contribution is 0.103. The standard InChI is InChI=1S/C14H14N2O3S/c15-9-7-11-12(19-5-2-4-18-11)8-10(9)16-14(17)13-3-1-6-20-13/h1,3,6-8H,2,4-5,15H2,(H,16,17). The van der Waals surface area contributed by atoms with Crippen LogP contribution < -0.4 is 20.5 Å². The molecule has 0 spiro atoms. The molecular formula is C14H14N2O3S. The maximum absolute atomic E-state index is 12.0. The zero-order chi connectivity index (χ0) is 13.9. The molecule has 3 rings (SSSR count). The number of nitrogens with one attached hydrogen (secondary N) is 1. The summed E-state index contributed by atoms with van der Waals surface area (Å²) in [5, 5.41) is 4.65. The van der Waals surface area contributed by atoms with Crippen molar-refractivity contribution in [3.8, 4) is 11.5 Å². The topological polar surface area (TPSA) is 73.6 Å². The van der Waals surface area contributed by atoms with E-state index in [4.69, 9.17) is 15.2 Å². The average molecular weight is 290 g/mol. The lowest BCUT2D eigenvalue weighted by Gasteiger charge is -2.12. The first-order valence-electron chi connectivity index (χ1n) is 6.28. The molecule has 1 aliphatic heterocycles. The maximum Gasteiger partial charge on any atom is 0.265 e. The Labute approximate surface area is 120 Å². The van der Waals surface area contributed by atoms with Crippen molar-refractivity contribution in [1.29, 1.82) is 0 Å². The number of nitrogen functional groups attached to an aromatic ring is 1. The van der Waals surface area contributed by atoms with Gasteiger partial charge in [0.15, 0.2) is 11.5 Å². The molecule has 0 aliphatic carbocycles. The van der Waals surface area contributed by atoms with Gasteiger partial charge in [0.25, 0.3) is 5.91 Å². The van der Waals surface area contributed by atoms with E-state index in [9.17, 15) is 4.79 Å². The first kappa shape index (κ1) is 12.8. The second kappa shape index (κ2) is 5.42. The van der Waals surface area contributed by atoms with Crippen LogP contribution in [0.25, 0.3) is 0 Å². The molecule has 0 radical (unpaired) electrons. The van der Waals surface area contributed by atoms with Gasteiger partial charge in [-0.15, -0.1) is 11.3 Å². The summed E-state index contributed by atoms with van der Waals surface area (Å²) in [4.78, 5) is 12.7. The number of hydrogen-bond donors (Lipinski definition) is 2. The highest BCUT2D eigenvalue weighted by molar-refractivity contribution is 7.12. The van der Waals surface area contributed by atoms with Crippen molar-refractivity contribution in [2.45, 2.75) is 6.42 Å². The van der Waals surface area contributed by atoms with E-state index >= 15 is 0 Å². The second-order valence-electron chi connectivity index (χ2n) is 4.37. The van der Waals surface area contributed by atoms with Crippen LogP contribution in [0.2, 0.25) is 0 Å². The summed E-state index contributed by atoms with van der Waals surface area (Å²) < 4.78 is 11.1. The molecule has 0 atom stereocenters. The van der Waals surface area contributed by atoms with E-state index in [2.05, 4.69) is 5.32 Å². The molecule has 0 bridgehead atoms. The average Bonchev–Trinajstić information content (AvgIpc) is 2.88. The number of fused-ring (bicyclic) bond motifs is 1. The van der Waals surface area contributed by atoms with Crippen molar-refractivity contribution >= 4 is 28.6 Å². The monoisotopic (exact) mass is 290 g/mol. The Morgan fingerprint density at radius 1 is 1.25 bits per heavy atom. The second-order valence-corrected chi connectivity index (χ2v) is 5.32. The van der Waals surface area contributed by atoms with E-state index in [1.807, 2.05) is 11.4 Å². The molecule has 0 saturated carbocycles. The van der Waals surface area contributed by atoms with Crippen molar-refractivity contribution < 1.29 is 14.3 Å². The molecule has 1 aromatic carbocycles. The van der Waals surface area contributed by atoms with Gasteiger partial charge >= 0.3 is 0 Å². The van der Waals surface area contributed by atoms with Gasteiger partial charge in [0.2, 0.25) is 0 Å². The Morgan fingerprint density at radius 3 is 2.70 bits per heavy atom. The summed E-state index contributed by atoms with van der Waals surface area (Å²) in [7, 11) is 0. The van der Waals surface area contributed by atoms with Crippen LogP contribution in [0.1, 0.15) is 16.1 Å². The van der Waals surface area contributed by atoms with Crippen LogP contribution in [-0.4, -0.2) is 19.1 Å². The number of hydrogen-bond acceptors (Lipinski definition) is 5. The molecular weight excluding hydrogens is 276 g/mol. The van der Waals surface area contributed by atoms with Gasteiger partial charge in [0, 0.05) is 18.6 Å². The smallest absolute Gasteiger partial charge is 0.265 e. The summed E-state index contributed by atoms with van der Waals surface area (Å²) in [6.07, 6.45) is 0.825. The van der Waals surface area contributed by atoms with Gasteiger partial charge in [-0.05, 0) is 11.4 Å². The molecule has 20 heavy (non-hydrogen) atoms. The predicted octanol–water partition coefficient (Wildman–Crippen LogP) is 2.74. The van der Waals surface area contributed by atoms with Crippen LogP contribution in [0.3, 0.4) is 0 Å². The molecule has 0 saturated heterocycles. The Balaban J connectivity index is 1.86. The molecule has 2 aromatic rings. The molecule has 0 unspecified atom stereocenters. The summed E-state index contributed by atoms with van der Waals surface area (Å²) in [6.45, 7) is 1.20. The molecule has 5 nitrogen and oxygen atoms in total. The quantitative estimate of drug-likeness (QED) is 0.834. The third-order valence-electron chi connectivity index (χ3n) is 2.91. The number of anilines is 2. The van der Waals surface area contributed by atoms with Crippen LogP contribution in [0.4, 0.5) is 11.4 Å². The van der Waals surface area contributed by atoms with E-state index in [1.54, 1.807) is 18.2 Å². The zero-order valence-electron chi connectivity index (χ0n) is 10.7. The van der Waals surface area contributed by atoms with Crippen molar-refractivity contribution in [1.82, 2.24) is 0 Å². The number of nitrogens with two attached hydrogens (primary N) is 1. The largest absolute Gasteiger partial charge is 0.489 e. The van der Waals surface area contributed by atoms with Gasteiger partial charge in [-0.3, -0.25) is 4.79 Å². The summed E-state index contributed by atoms with van der Waals surface area (Å²) in [5.41, 5.74) is 6.94. The van der Waals surface area contributed by atoms with Crippen LogP contribution in [-0.2, 0) is 0 Å². The van der Waals surface area contributed by atoms with E-state index in [0.717, 1.165) is 6.42 Å². The van der Waals surface area contributed by atoms with Crippen molar-refractivity contribution in [3.63, 3.8) is 0 Å². The van der Waals surface area contributed by atoms with E-state index in [-0.39, 0.29) is 5.91 Å². The molecule has 1 aromatic heterocycles. The fourth-order valence-corrected chi connectivity index (χ4v) is 2.54. The third kappa shape index (κ3) is 2.55. The molecule has 104 valence electrons. The van der Waals surface area contributed by atoms with Crippen LogP contribution >= 0.6 is 11.3 Å². The number of ether oxygens (including phenoxy) is 2. The Morgan fingerprint density at radius 2 is 2.00 bits per heavy atom. The number of benzene rings is 1. The molecule has 1 aliphatic rings. The van der Waals surface area contributed by atoms with Gasteiger partial charge < -0.3 is 20.5 Å². The zero-order valence-corrected chi connectivity index (χ0v) is 11.5. The van der Waals surface area contributed by atoms with Gasteiger partial charge in [-0.2, -0.15) is 0 Å². The van der Waals surface area contributed by atoms with Crippen molar-refractivity contribution in [2.75, 3.05) is 24.3 Å². The van der Waals surface area contributed by atoms with Gasteiger partial charge in [0.1, 0.15) is 0 Å². The van der Waals surface area contributed by atoms with E-state index in [1.165, 1.54) is 11.3 Å². The lowest BCUT2D eigenvalue weighted by atomic mass is 10.2. The first-order valence-corrected chi connectivity index (χ1v) is 7.16. The normalized spacial score (nSPS) is 13.6. The van der Waals surface area contributed by atoms with Crippen LogP contribution in [0.15, 0.2) is 29.6 Å². The Hall–Kier alpha value is -2.21. The SMILES string of the molecule is Nc1cc2c(cc1NC(=O)c1cccs1)OCCCO2. The lowest BCUT2D eigenvalue weighted by Crippen LogP contribution is -2.12. The highest BCUT2D eigenvalue weighted by Crippen LogP contribution is 2.36. The highest BCUT2D eigenvalue weighted by Gasteiger charge is 2.15. The summed E-state index contributed by atoms with van der Waals surface area (Å²) in [6, 6.07) is 6.99. The molecule has 6 heteroatoms. The molecule has 0 fully saturated rings. The van der Waals surface area contributed by atoms with Gasteiger partial charge in [-0.25, -0.2) is 0 Å². The third-order valence-corrected chi connectivity index (χ3v) is 3.78.